The normalized spacial score (nSPS) is 11.5. The van der Waals surface area contributed by atoms with Gasteiger partial charge in [-0.2, -0.15) is 0 Å². The Hall–Kier alpha value is -1.85. The first-order chi connectivity index (χ1) is 7.02. The molecule has 0 aliphatic rings. The molecule has 0 radical (unpaired) electrons. The lowest BCUT2D eigenvalue weighted by Gasteiger charge is -2.09. The van der Waals surface area contributed by atoms with Crippen molar-refractivity contribution < 1.29 is 0 Å². The standard InChI is InChI=1S/C9H12N4O2/c1-5(2)13-7-6(12(3)4-10-7)8(14)11-9(13)15/h4-5H,1-3H3,(H,11,14,15). The molecule has 6 nitrogen and oxygen atoms in total. The van der Waals surface area contributed by atoms with E-state index in [9.17, 15) is 9.59 Å². The van der Waals surface area contributed by atoms with Crippen LogP contribution in [0.5, 0.6) is 0 Å². The van der Waals surface area contributed by atoms with E-state index in [1.54, 1.807) is 11.6 Å². The summed E-state index contributed by atoms with van der Waals surface area (Å²) in [6.07, 6.45) is 1.53. The maximum Gasteiger partial charge on any atom is 0.330 e. The molecule has 0 saturated carbocycles. The van der Waals surface area contributed by atoms with Crippen LogP contribution in [0.3, 0.4) is 0 Å². The molecule has 0 bridgehead atoms. The van der Waals surface area contributed by atoms with Crippen LogP contribution in [0.4, 0.5) is 0 Å². The maximum atomic E-state index is 11.6. The Labute approximate surface area is 85.2 Å². The molecule has 6 heteroatoms. The highest BCUT2D eigenvalue weighted by Crippen LogP contribution is 2.08. The van der Waals surface area contributed by atoms with Crippen molar-refractivity contribution in [2.45, 2.75) is 19.9 Å². The number of nitrogens with one attached hydrogen (secondary N) is 1. The molecule has 0 saturated heterocycles. The monoisotopic (exact) mass is 208 g/mol. The van der Waals surface area contributed by atoms with Crippen LogP contribution >= 0.6 is 0 Å². The summed E-state index contributed by atoms with van der Waals surface area (Å²) < 4.78 is 3.07. The molecular formula is C9H12N4O2. The van der Waals surface area contributed by atoms with Crippen molar-refractivity contribution in [1.29, 1.82) is 0 Å². The predicted molar refractivity (Wildman–Crippen MR) is 56.0 cm³/mol. The van der Waals surface area contributed by atoms with Crippen LogP contribution in [0.1, 0.15) is 19.9 Å². The lowest BCUT2D eigenvalue weighted by molar-refractivity contribution is 0.580. The fourth-order valence-electron chi connectivity index (χ4n) is 1.65. The van der Waals surface area contributed by atoms with E-state index in [-0.39, 0.29) is 6.04 Å². The third kappa shape index (κ3) is 1.29. The Morgan fingerprint density at radius 2 is 2.07 bits per heavy atom. The molecule has 2 aromatic heterocycles. The maximum absolute atomic E-state index is 11.6. The third-order valence-corrected chi connectivity index (χ3v) is 2.32. The van der Waals surface area contributed by atoms with Crippen LogP contribution in [0, 0.1) is 0 Å². The fraction of sp³-hybridized carbons (Fsp3) is 0.444. The highest BCUT2D eigenvalue weighted by atomic mass is 16.2. The largest absolute Gasteiger partial charge is 0.330 e. The quantitative estimate of drug-likeness (QED) is 0.717. The molecule has 1 N–H and O–H groups in total. The van der Waals surface area contributed by atoms with Crippen molar-refractivity contribution in [2.24, 2.45) is 7.05 Å². The number of fused-ring (bicyclic) bond motifs is 1. The van der Waals surface area contributed by atoms with E-state index in [2.05, 4.69) is 9.97 Å². The summed E-state index contributed by atoms with van der Waals surface area (Å²) >= 11 is 0. The molecule has 0 aliphatic heterocycles. The molecule has 0 spiro atoms. The average Bonchev–Trinajstić information content (AvgIpc) is 2.47. The topological polar surface area (TPSA) is 72.7 Å². The Kier molecular flexibility index (Phi) is 1.99. The Morgan fingerprint density at radius 3 is 2.67 bits per heavy atom. The summed E-state index contributed by atoms with van der Waals surface area (Å²) in [4.78, 5) is 29.4. The Bertz CT molecular complexity index is 617. The fourth-order valence-corrected chi connectivity index (χ4v) is 1.65. The molecule has 0 amide bonds. The van der Waals surface area contributed by atoms with E-state index in [0.717, 1.165) is 0 Å². The summed E-state index contributed by atoms with van der Waals surface area (Å²) in [5.41, 5.74) is 0.0395. The van der Waals surface area contributed by atoms with Gasteiger partial charge in [-0.1, -0.05) is 0 Å². The highest BCUT2D eigenvalue weighted by Gasteiger charge is 2.13. The minimum Gasteiger partial charge on any atom is -0.328 e. The first-order valence-electron chi connectivity index (χ1n) is 4.68. The number of imidazole rings is 1. The minimum atomic E-state index is -0.416. The summed E-state index contributed by atoms with van der Waals surface area (Å²) in [6, 6.07) is -0.0354. The SMILES string of the molecule is CC(C)n1c(=O)[nH]c(=O)c2c1ncn2C. The molecule has 0 fully saturated rings. The van der Waals surface area contributed by atoms with Crippen molar-refractivity contribution in [3.05, 3.63) is 27.2 Å². The number of aromatic nitrogens is 4. The van der Waals surface area contributed by atoms with Gasteiger partial charge in [-0.05, 0) is 13.8 Å². The number of nitrogens with zero attached hydrogens (tertiary/aromatic N) is 3. The molecule has 0 atom stereocenters. The molecule has 2 aromatic rings. The van der Waals surface area contributed by atoms with Crippen molar-refractivity contribution in [1.82, 2.24) is 19.1 Å². The van der Waals surface area contributed by atoms with Crippen LogP contribution in [0.25, 0.3) is 11.2 Å². The van der Waals surface area contributed by atoms with Crippen molar-refractivity contribution in [2.75, 3.05) is 0 Å². The van der Waals surface area contributed by atoms with Gasteiger partial charge in [0.2, 0.25) is 0 Å². The number of aromatic amines is 1. The highest BCUT2D eigenvalue weighted by molar-refractivity contribution is 5.69. The van der Waals surface area contributed by atoms with Crippen LogP contribution in [0.15, 0.2) is 15.9 Å². The van der Waals surface area contributed by atoms with E-state index in [0.29, 0.717) is 11.2 Å². The lowest BCUT2D eigenvalue weighted by atomic mass is 10.4. The number of hydrogen-bond donors (Lipinski definition) is 1. The second kappa shape index (κ2) is 3.08. The predicted octanol–water partition coefficient (Wildman–Crippen LogP) is 0.00420. The summed E-state index contributed by atoms with van der Waals surface area (Å²) in [6.45, 7) is 3.74. The van der Waals surface area contributed by atoms with Gasteiger partial charge < -0.3 is 4.57 Å². The van der Waals surface area contributed by atoms with Gasteiger partial charge in [0.05, 0.1) is 6.33 Å². The molecule has 0 aromatic carbocycles. The molecule has 0 aliphatic carbocycles. The molecular weight excluding hydrogens is 196 g/mol. The van der Waals surface area contributed by atoms with Gasteiger partial charge in [0.1, 0.15) is 0 Å². The number of H-pyrrole nitrogens is 1. The number of aryl methyl sites for hydroxylation is 1. The molecule has 15 heavy (non-hydrogen) atoms. The van der Waals surface area contributed by atoms with Gasteiger partial charge in [0, 0.05) is 13.1 Å². The van der Waals surface area contributed by atoms with Gasteiger partial charge >= 0.3 is 5.69 Å². The lowest BCUT2D eigenvalue weighted by Crippen LogP contribution is -2.31. The first-order valence-corrected chi connectivity index (χ1v) is 4.68. The van der Waals surface area contributed by atoms with E-state index in [4.69, 9.17) is 0 Å². The zero-order valence-electron chi connectivity index (χ0n) is 8.81. The zero-order valence-corrected chi connectivity index (χ0v) is 8.81. The number of hydrogen-bond acceptors (Lipinski definition) is 3. The smallest absolute Gasteiger partial charge is 0.328 e. The zero-order chi connectivity index (χ0) is 11.2. The third-order valence-electron chi connectivity index (χ3n) is 2.32. The Balaban J connectivity index is 3.05. The first kappa shape index (κ1) is 9.70. The second-order valence-corrected chi connectivity index (χ2v) is 3.75. The summed E-state index contributed by atoms with van der Waals surface area (Å²) in [5.74, 6) is 0. The minimum absolute atomic E-state index is 0.0354. The van der Waals surface area contributed by atoms with E-state index in [1.807, 2.05) is 13.8 Å². The van der Waals surface area contributed by atoms with Crippen LogP contribution < -0.4 is 11.2 Å². The van der Waals surface area contributed by atoms with Crippen LogP contribution in [-0.2, 0) is 7.05 Å². The molecule has 80 valence electrons. The molecule has 2 heterocycles. The van der Waals surface area contributed by atoms with Gasteiger partial charge in [0.15, 0.2) is 11.2 Å². The average molecular weight is 208 g/mol. The van der Waals surface area contributed by atoms with E-state index >= 15 is 0 Å². The second-order valence-electron chi connectivity index (χ2n) is 3.75. The van der Waals surface area contributed by atoms with Gasteiger partial charge in [-0.3, -0.25) is 14.3 Å². The number of rotatable bonds is 1. The van der Waals surface area contributed by atoms with Gasteiger partial charge in [0.25, 0.3) is 5.56 Å². The van der Waals surface area contributed by atoms with Crippen LogP contribution in [-0.4, -0.2) is 19.1 Å². The van der Waals surface area contributed by atoms with Crippen molar-refractivity contribution in [3.8, 4) is 0 Å². The van der Waals surface area contributed by atoms with E-state index < -0.39 is 11.2 Å². The van der Waals surface area contributed by atoms with E-state index in [1.165, 1.54) is 10.9 Å². The summed E-state index contributed by atoms with van der Waals surface area (Å²) in [7, 11) is 1.72. The Morgan fingerprint density at radius 1 is 1.40 bits per heavy atom. The van der Waals surface area contributed by atoms with Crippen LogP contribution in [0.2, 0.25) is 0 Å². The molecule has 0 unspecified atom stereocenters. The van der Waals surface area contributed by atoms with Gasteiger partial charge in [-0.25, -0.2) is 9.78 Å². The summed E-state index contributed by atoms with van der Waals surface area (Å²) in [5, 5.41) is 0. The molecule has 2 rings (SSSR count). The van der Waals surface area contributed by atoms with Crippen molar-refractivity contribution in [3.63, 3.8) is 0 Å². The van der Waals surface area contributed by atoms with Crippen molar-refractivity contribution >= 4 is 11.2 Å². The van der Waals surface area contributed by atoms with Gasteiger partial charge in [-0.15, -0.1) is 0 Å².